The summed E-state index contributed by atoms with van der Waals surface area (Å²) >= 11 is 0. The van der Waals surface area contributed by atoms with Crippen LogP contribution in [0.1, 0.15) is 5.56 Å². The number of carboxylic acids is 1. The lowest BCUT2D eigenvalue weighted by molar-refractivity contribution is -0.384. The second-order valence-electron chi connectivity index (χ2n) is 5.92. The van der Waals surface area contributed by atoms with Crippen LogP contribution in [0.4, 0.5) is 5.69 Å². The quantitative estimate of drug-likeness (QED) is 0.514. The summed E-state index contributed by atoms with van der Waals surface area (Å²) in [5.74, 6) is -0.179. The van der Waals surface area contributed by atoms with Crippen LogP contribution < -0.4 is 9.47 Å². The monoisotopic (exact) mass is 408 g/mol. The van der Waals surface area contributed by atoms with Crippen LogP contribution in [0.2, 0.25) is 0 Å². The van der Waals surface area contributed by atoms with Crippen molar-refractivity contribution >= 4 is 21.7 Å². The van der Waals surface area contributed by atoms with Gasteiger partial charge in [0.2, 0.25) is 16.8 Å². The number of aliphatic carboxylic acids is 1. The average Bonchev–Trinajstić information content (AvgIpc) is 3.12. The number of ether oxygens (including phenoxy) is 2. The van der Waals surface area contributed by atoms with Gasteiger partial charge in [-0.2, -0.15) is 4.31 Å². The fraction of sp³-hybridized carbons (Fsp3) is 0.235. The third-order valence-electron chi connectivity index (χ3n) is 4.08. The van der Waals surface area contributed by atoms with Crippen LogP contribution in [0, 0.1) is 10.1 Å². The Labute approximate surface area is 160 Å². The molecular formula is C17H16N2O8S. The number of nitrogens with zero attached hydrogens (tertiary/aromatic N) is 2. The summed E-state index contributed by atoms with van der Waals surface area (Å²) in [7, 11) is -4.15. The minimum absolute atomic E-state index is 0.0920. The Morgan fingerprint density at radius 3 is 2.46 bits per heavy atom. The first-order valence-corrected chi connectivity index (χ1v) is 9.56. The molecule has 0 saturated heterocycles. The largest absolute Gasteiger partial charge is 0.480 e. The summed E-state index contributed by atoms with van der Waals surface area (Å²) in [6, 6.07) is 9.44. The molecule has 0 fully saturated rings. The lowest BCUT2D eigenvalue weighted by Crippen LogP contribution is -2.37. The van der Waals surface area contributed by atoms with Gasteiger partial charge in [-0.3, -0.25) is 14.9 Å². The second kappa shape index (κ2) is 7.82. The summed E-state index contributed by atoms with van der Waals surface area (Å²) < 4.78 is 36.9. The molecule has 0 bridgehead atoms. The normalized spacial score (nSPS) is 12.9. The molecule has 148 valence electrons. The maximum absolute atomic E-state index is 12.8. The Morgan fingerprint density at radius 1 is 1.14 bits per heavy atom. The molecular weight excluding hydrogens is 392 g/mol. The molecule has 0 aromatic heterocycles. The van der Waals surface area contributed by atoms with Crippen molar-refractivity contribution in [2.75, 3.05) is 19.9 Å². The topological polar surface area (TPSA) is 136 Å². The van der Waals surface area contributed by atoms with E-state index in [4.69, 9.17) is 14.6 Å². The summed E-state index contributed by atoms with van der Waals surface area (Å²) in [5, 5.41) is 19.8. The van der Waals surface area contributed by atoms with Crippen LogP contribution in [-0.2, 0) is 21.2 Å². The zero-order valence-corrected chi connectivity index (χ0v) is 15.3. The smallest absolute Gasteiger partial charge is 0.318 e. The lowest BCUT2D eigenvalue weighted by atomic mass is 10.1. The maximum Gasteiger partial charge on any atom is 0.318 e. The predicted octanol–water partition coefficient (Wildman–Crippen LogP) is 1.64. The van der Waals surface area contributed by atoms with E-state index in [1.165, 1.54) is 0 Å². The number of fused-ring (bicyclic) bond motifs is 1. The zero-order valence-electron chi connectivity index (χ0n) is 14.5. The van der Waals surface area contributed by atoms with Crippen molar-refractivity contribution in [3.8, 4) is 11.5 Å². The molecule has 10 nitrogen and oxygen atoms in total. The van der Waals surface area contributed by atoms with Crippen molar-refractivity contribution in [2.45, 2.75) is 11.3 Å². The number of carboxylic acid groups (broad SMARTS) is 1. The fourth-order valence-electron chi connectivity index (χ4n) is 2.67. The van der Waals surface area contributed by atoms with Gasteiger partial charge in [-0.1, -0.05) is 6.07 Å². The van der Waals surface area contributed by atoms with E-state index >= 15 is 0 Å². The molecule has 0 unspecified atom stereocenters. The van der Waals surface area contributed by atoms with Gasteiger partial charge in [0.15, 0.2) is 11.5 Å². The van der Waals surface area contributed by atoms with Crippen LogP contribution >= 0.6 is 0 Å². The minimum atomic E-state index is -4.15. The number of rotatable bonds is 8. The third-order valence-corrected chi connectivity index (χ3v) is 5.94. The van der Waals surface area contributed by atoms with Crippen molar-refractivity contribution in [1.29, 1.82) is 0 Å². The zero-order chi connectivity index (χ0) is 20.3. The molecule has 0 amide bonds. The Morgan fingerprint density at radius 2 is 1.82 bits per heavy atom. The molecule has 0 aliphatic carbocycles. The first-order chi connectivity index (χ1) is 13.3. The highest BCUT2D eigenvalue weighted by Crippen LogP contribution is 2.32. The number of nitro benzene ring substituents is 1. The van der Waals surface area contributed by atoms with E-state index in [0.717, 1.165) is 34.1 Å². The highest BCUT2D eigenvalue weighted by Gasteiger charge is 2.27. The number of nitro groups is 1. The molecule has 1 aliphatic heterocycles. The van der Waals surface area contributed by atoms with E-state index < -0.39 is 27.5 Å². The molecule has 2 aromatic rings. The van der Waals surface area contributed by atoms with Crippen molar-refractivity contribution in [3.05, 3.63) is 58.1 Å². The summed E-state index contributed by atoms with van der Waals surface area (Å²) in [5.41, 5.74) is 0.489. The van der Waals surface area contributed by atoms with Crippen LogP contribution in [-0.4, -0.2) is 48.6 Å². The van der Waals surface area contributed by atoms with Crippen molar-refractivity contribution in [3.63, 3.8) is 0 Å². The number of sulfonamides is 1. The van der Waals surface area contributed by atoms with Gasteiger partial charge >= 0.3 is 5.97 Å². The molecule has 0 atom stereocenters. The molecule has 0 saturated carbocycles. The van der Waals surface area contributed by atoms with Crippen LogP contribution in [0.5, 0.6) is 11.5 Å². The van der Waals surface area contributed by atoms with E-state index in [-0.39, 0.29) is 30.3 Å². The van der Waals surface area contributed by atoms with Crippen molar-refractivity contribution in [2.24, 2.45) is 0 Å². The van der Waals surface area contributed by atoms with E-state index in [1.807, 2.05) is 0 Å². The van der Waals surface area contributed by atoms with Gasteiger partial charge in [0.05, 0.1) is 9.82 Å². The number of hydrogen-bond acceptors (Lipinski definition) is 7. The molecule has 0 radical (unpaired) electrons. The number of carbonyl (C=O) groups is 1. The number of hydrogen-bond donors (Lipinski definition) is 1. The SMILES string of the molecule is O=C(O)CN(CCc1ccc2c(c1)OCO2)S(=O)(=O)c1ccc([N+](=O)[O-])cc1. The van der Waals surface area contributed by atoms with E-state index in [9.17, 15) is 23.3 Å². The third kappa shape index (κ3) is 4.21. The maximum atomic E-state index is 12.8. The summed E-state index contributed by atoms with van der Waals surface area (Å²) in [6.07, 6.45) is 0.246. The molecule has 11 heteroatoms. The van der Waals surface area contributed by atoms with Gasteiger partial charge in [0.25, 0.3) is 5.69 Å². The Bertz CT molecular complexity index is 1000. The van der Waals surface area contributed by atoms with Gasteiger partial charge < -0.3 is 14.6 Å². The Hall–Kier alpha value is -3.18. The minimum Gasteiger partial charge on any atom is -0.480 e. The van der Waals surface area contributed by atoms with Gasteiger partial charge in [-0.15, -0.1) is 0 Å². The Balaban J connectivity index is 1.80. The molecule has 1 aliphatic rings. The van der Waals surface area contributed by atoms with E-state index in [2.05, 4.69) is 0 Å². The highest BCUT2D eigenvalue weighted by molar-refractivity contribution is 7.89. The van der Waals surface area contributed by atoms with E-state index in [0.29, 0.717) is 11.5 Å². The average molecular weight is 408 g/mol. The van der Waals surface area contributed by atoms with Crippen molar-refractivity contribution in [1.82, 2.24) is 4.31 Å². The summed E-state index contributed by atoms with van der Waals surface area (Å²) in [4.78, 5) is 21.0. The second-order valence-corrected chi connectivity index (χ2v) is 7.86. The fourth-order valence-corrected chi connectivity index (χ4v) is 4.06. The van der Waals surface area contributed by atoms with Gasteiger partial charge in [-0.05, 0) is 36.2 Å². The molecule has 1 N–H and O–H groups in total. The molecule has 1 heterocycles. The van der Waals surface area contributed by atoms with Crippen LogP contribution in [0.25, 0.3) is 0 Å². The molecule has 2 aromatic carbocycles. The lowest BCUT2D eigenvalue weighted by Gasteiger charge is -2.20. The highest BCUT2D eigenvalue weighted by atomic mass is 32.2. The number of benzene rings is 2. The molecule has 3 rings (SSSR count). The van der Waals surface area contributed by atoms with Gasteiger partial charge in [0, 0.05) is 18.7 Å². The molecule has 0 spiro atoms. The standard InChI is InChI=1S/C17H16N2O8S/c20-17(21)10-18(8-7-12-1-6-15-16(9-12)27-11-26-15)28(24,25)14-4-2-13(3-5-14)19(22)23/h1-6,9H,7-8,10-11H2,(H,20,21). The first-order valence-electron chi connectivity index (χ1n) is 8.12. The number of non-ortho nitro benzene ring substituents is 1. The first kappa shape index (κ1) is 19.6. The summed E-state index contributed by atoms with van der Waals surface area (Å²) in [6.45, 7) is -0.715. The van der Waals surface area contributed by atoms with Gasteiger partial charge in [-0.25, -0.2) is 8.42 Å². The van der Waals surface area contributed by atoms with Crippen molar-refractivity contribution < 1.29 is 32.7 Å². The van der Waals surface area contributed by atoms with Crippen LogP contribution in [0.3, 0.4) is 0 Å². The van der Waals surface area contributed by atoms with Crippen LogP contribution in [0.15, 0.2) is 47.4 Å². The Kier molecular flexibility index (Phi) is 5.47. The molecule has 28 heavy (non-hydrogen) atoms. The van der Waals surface area contributed by atoms with E-state index in [1.54, 1.807) is 18.2 Å². The van der Waals surface area contributed by atoms with Gasteiger partial charge in [0.1, 0.15) is 6.54 Å². The predicted molar refractivity (Wildman–Crippen MR) is 95.8 cm³/mol.